The molecule has 0 bridgehead atoms. The molecule has 1 N–H and O–H groups in total. The highest BCUT2D eigenvalue weighted by Crippen LogP contribution is 2.19. The number of benzene rings is 1. The summed E-state index contributed by atoms with van der Waals surface area (Å²) in [6.45, 7) is 6.43. The third-order valence-corrected chi connectivity index (χ3v) is 3.50. The molecule has 4 nitrogen and oxygen atoms in total. The maximum absolute atomic E-state index is 12.6. The lowest BCUT2D eigenvalue weighted by Crippen LogP contribution is -2.36. The van der Waals surface area contributed by atoms with Gasteiger partial charge in [-0.1, -0.05) is 26.0 Å². The van der Waals surface area contributed by atoms with Crippen LogP contribution in [0.1, 0.15) is 37.6 Å². The number of para-hydroxylation sites is 1. The summed E-state index contributed by atoms with van der Waals surface area (Å²) in [5.41, 5.74) is 1.50. The van der Waals surface area contributed by atoms with Gasteiger partial charge in [0.1, 0.15) is 0 Å². The van der Waals surface area contributed by atoms with E-state index in [4.69, 9.17) is 0 Å². The molecule has 19 heavy (non-hydrogen) atoms. The molecule has 1 amide bonds. The average Bonchev–Trinajstić information content (AvgIpc) is 2.84. The van der Waals surface area contributed by atoms with Gasteiger partial charge in [-0.25, -0.2) is 0 Å². The highest BCUT2D eigenvalue weighted by atomic mass is 16.2. The molecule has 0 aliphatic carbocycles. The first kappa shape index (κ1) is 13.6. The van der Waals surface area contributed by atoms with Crippen molar-refractivity contribution in [1.82, 2.24) is 15.1 Å². The van der Waals surface area contributed by atoms with Gasteiger partial charge in [-0.2, -0.15) is 5.10 Å². The van der Waals surface area contributed by atoms with Crippen LogP contribution in [0.2, 0.25) is 0 Å². The maximum atomic E-state index is 12.6. The van der Waals surface area contributed by atoms with Crippen LogP contribution in [0.25, 0.3) is 10.9 Å². The molecule has 1 aromatic carbocycles. The number of aromatic amines is 1. The van der Waals surface area contributed by atoms with Gasteiger partial charge in [-0.15, -0.1) is 0 Å². The SMILES string of the molecule is CC(C)C[C@@H](C)N(C)C(=O)c1cccc2cn[nH]c12. The van der Waals surface area contributed by atoms with E-state index in [1.54, 1.807) is 6.20 Å². The molecule has 0 unspecified atom stereocenters. The summed E-state index contributed by atoms with van der Waals surface area (Å²) >= 11 is 0. The van der Waals surface area contributed by atoms with Gasteiger partial charge in [0.05, 0.1) is 17.3 Å². The minimum absolute atomic E-state index is 0.0444. The van der Waals surface area contributed by atoms with Gasteiger partial charge in [0.15, 0.2) is 0 Å². The molecule has 1 atom stereocenters. The third-order valence-electron chi connectivity index (χ3n) is 3.50. The van der Waals surface area contributed by atoms with Crippen molar-refractivity contribution in [3.05, 3.63) is 30.0 Å². The molecular weight excluding hydrogens is 238 g/mol. The monoisotopic (exact) mass is 259 g/mol. The molecular formula is C15H21N3O. The number of nitrogens with one attached hydrogen (secondary N) is 1. The van der Waals surface area contributed by atoms with Gasteiger partial charge in [-0.3, -0.25) is 9.89 Å². The van der Waals surface area contributed by atoms with Gasteiger partial charge in [0.2, 0.25) is 0 Å². The van der Waals surface area contributed by atoms with Crippen LogP contribution < -0.4 is 0 Å². The number of aromatic nitrogens is 2. The smallest absolute Gasteiger partial charge is 0.256 e. The minimum atomic E-state index is 0.0444. The highest BCUT2D eigenvalue weighted by Gasteiger charge is 2.20. The number of fused-ring (bicyclic) bond motifs is 1. The second-order valence-corrected chi connectivity index (χ2v) is 5.53. The highest BCUT2D eigenvalue weighted by molar-refractivity contribution is 6.05. The zero-order valence-electron chi connectivity index (χ0n) is 12.0. The molecule has 102 valence electrons. The lowest BCUT2D eigenvalue weighted by Gasteiger charge is -2.26. The fraction of sp³-hybridized carbons (Fsp3) is 0.467. The van der Waals surface area contributed by atoms with Gasteiger partial charge in [0, 0.05) is 18.5 Å². The lowest BCUT2D eigenvalue weighted by atomic mass is 10.0. The largest absolute Gasteiger partial charge is 0.339 e. The predicted molar refractivity (Wildman–Crippen MR) is 77.1 cm³/mol. The number of rotatable bonds is 4. The van der Waals surface area contributed by atoms with Crippen molar-refractivity contribution in [3.8, 4) is 0 Å². The standard InChI is InChI=1S/C15H21N3O/c1-10(2)8-11(3)18(4)15(19)13-7-5-6-12-9-16-17-14(12)13/h5-7,9-11H,8H2,1-4H3,(H,16,17)/t11-/m1/s1. The van der Waals surface area contributed by atoms with E-state index >= 15 is 0 Å². The predicted octanol–water partition coefficient (Wildman–Crippen LogP) is 3.07. The van der Waals surface area contributed by atoms with Crippen LogP contribution in [0.3, 0.4) is 0 Å². The van der Waals surface area contributed by atoms with Crippen LogP contribution in [-0.2, 0) is 0 Å². The molecule has 0 aliphatic heterocycles. The number of hydrogen-bond donors (Lipinski definition) is 1. The first-order chi connectivity index (χ1) is 9.00. The van der Waals surface area contributed by atoms with Crippen molar-refractivity contribution in [1.29, 1.82) is 0 Å². The topological polar surface area (TPSA) is 49.0 Å². The number of amides is 1. The van der Waals surface area contributed by atoms with Crippen molar-refractivity contribution in [2.45, 2.75) is 33.2 Å². The average molecular weight is 259 g/mol. The molecule has 0 saturated carbocycles. The van der Waals surface area contributed by atoms with Crippen molar-refractivity contribution >= 4 is 16.8 Å². The van der Waals surface area contributed by atoms with E-state index in [0.717, 1.165) is 17.3 Å². The number of carbonyl (C=O) groups is 1. The molecule has 2 rings (SSSR count). The van der Waals surface area contributed by atoms with Crippen LogP contribution in [0.15, 0.2) is 24.4 Å². The van der Waals surface area contributed by atoms with Crippen LogP contribution in [-0.4, -0.2) is 34.1 Å². The van der Waals surface area contributed by atoms with E-state index in [9.17, 15) is 4.79 Å². The number of H-pyrrole nitrogens is 1. The summed E-state index contributed by atoms with van der Waals surface area (Å²) < 4.78 is 0. The third kappa shape index (κ3) is 2.78. The number of hydrogen-bond acceptors (Lipinski definition) is 2. The molecule has 0 saturated heterocycles. The molecule has 2 aromatic rings. The normalized spacial score (nSPS) is 12.9. The molecule has 1 heterocycles. The van der Waals surface area contributed by atoms with Crippen molar-refractivity contribution in [3.63, 3.8) is 0 Å². The molecule has 0 fully saturated rings. The quantitative estimate of drug-likeness (QED) is 0.917. The number of carbonyl (C=O) groups excluding carboxylic acids is 1. The van der Waals surface area contributed by atoms with E-state index in [-0.39, 0.29) is 11.9 Å². The summed E-state index contributed by atoms with van der Waals surface area (Å²) in [5, 5.41) is 7.88. The van der Waals surface area contributed by atoms with Gasteiger partial charge in [-0.05, 0) is 25.3 Å². The Balaban J connectivity index is 2.26. The van der Waals surface area contributed by atoms with E-state index < -0.39 is 0 Å². The summed E-state index contributed by atoms with van der Waals surface area (Å²) in [4.78, 5) is 14.4. The fourth-order valence-electron chi connectivity index (χ4n) is 2.38. The minimum Gasteiger partial charge on any atom is -0.339 e. The van der Waals surface area contributed by atoms with Gasteiger partial charge in [0.25, 0.3) is 5.91 Å². The second kappa shape index (κ2) is 5.43. The Kier molecular flexibility index (Phi) is 3.88. The Hall–Kier alpha value is -1.84. The molecule has 0 aliphatic rings. The lowest BCUT2D eigenvalue weighted by molar-refractivity contribution is 0.0730. The first-order valence-electron chi connectivity index (χ1n) is 6.70. The van der Waals surface area contributed by atoms with Crippen molar-refractivity contribution in [2.75, 3.05) is 7.05 Å². The Morgan fingerprint density at radius 2 is 2.11 bits per heavy atom. The van der Waals surface area contributed by atoms with E-state index in [1.165, 1.54) is 0 Å². The Bertz CT molecular complexity index is 574. The summed E-state index contributed by atoms with van der Waals surface area (Å²) in [7, 11) is 1.87. The van der Waals surface area contributed by atoms with Crippen LogP contribution in [0.4, 0.5) is 0 Å². The molecule has 1 aromatic heterocycles. The Morgan fingerprint density at radius 3 is 2.79 bits per heavy atom. The van der Waals surface area contributed by atoms with E-state index in [1.807, 2.05) is 30.1 Å². The fourth-order valence-corrected chi connectivity index (χ4v) is 2.38. The second-order valence-electron chi connectivity index (χ2n) is 5.53. The van der Waals surface area contributed by atoms with Crippen LogP contribution in [0.5, 0.6) is 0 Å². The summed E-state index contributed by atoms with van der Waals surface area (Å²) in [6, 6.07) is 5.92. The zero-order chi connectivity index (χ0) is 14.0. The van der Waals surface area contributed by atoms with E-state index in [0.29, 0.717) is 11.5 Å². The van der Waals surface area contributed by atoms with E-state index in [2.05, 4.69) is 31.0 Å². The van der Waals surface area contributed by atoms with Gasteiger partial charge < -0.3 is 4.90 Å². The molecule has 0 spiro atoms. The molecule has 4 heteroatoms. The first-order valence-corrected chi connectivity index (χ1v) is 6.70. The number of nitrogens with zero attached hydrogens (tertiary/aromatic N) is 2. The van der Waals surface area contributed by atoms with Crippen molar-refractivity contribution in [2.24, 2.45) is 5.92 Å². The maximum Gasteiger partial charge on any atom is 0.256 e. The van der Waals surface area contributed by atoms with Crippen LogP contribution in [0, 0.1) is 5.92 Å². The zero-order valence-corrected chi connectivity index (χ0v) is 12.0. The summed E-state index contributed by atoms with van der Waals surface area (Å²) in [6.07, 6.45) is 2.74. The van der Waals surface area contributed by atoms with Gasteiger partial charge >= 0.3 is 0 Å². The Labute approximate surface area is 113 Å². The Morgan fingerprint density at radius 1 is 1.37 bits per heavy atom. The molecule has 0 radical (unpaired) electrons. The van der Waals surface area contributed by atoms with Crippen LogP contribution >= 0.6 is 0 Å². The van der Waals surface area contributed by atoms with Crippen molar-refractivity contribution < 1.29 is 4.79 Å². The summed E-state index contributed by atoms with van der Waals surface area (Å²) in [5.74, 6) is 0.621.